The third-order valence-electron chi connectivity index (χ3n) is 4.84. The number of rotatable bonds is 6. The molecule has 4 nitrogen and oxygen atoms in total. The van der Waals surface area contributed by atoms with Crippen molar-refractivity contribution in [2.45, 2.75) is 69.6 Å². The zero-order chi connectivity index (χ0) is 13.7. The van der Waals surface area contributed by atoms with Gasteiger partial charge in [0.1, 0.15) is 0 Å². The zero-order valence-corrected chi connectivity index (χ0v) is 12.4. The van der Waals surface area contributed by atoms with Gasteiger partial charge in [-0.25, -0.2) is 4.98 Å². The van der Waals surface area contributed by atoms with Crippen molar-refractivity contribution < 1.29 is 4.74 Å². The molecule has 1 saturated carbocycles. The highest BCUT2D eigenvalue weighted by Gasteiger charge is 2.39. The van der Waals surface area contributed by atoms with Crippen molar-refractivity contribution in [1.82, 2.24) is 14.9 Å². The van der Waals surface area contributed by atoms with Crippen molar-refractivity contribution in [1.29, 1.82) is 0 Å². The SMILES string of the molecule is c1cn(CCCCNC2CCOC3(CCCC3)C2)cn1. The fourth-order valence-corrected chi connectivity index (χ4v) is 3.71. The van der Waals surface area contributed by atoms with Crippen LogP contribution in [0.3, 0.4) is 0 Å². The predicted octanol–water partition coefficient (Wildman–Crippen LogP) is 2.74. The Balaban J connectivity index is 1.32. The second kappa shape index (κ2) is 6.72. The molecular formula is C16H27N3O. The summed E-state index contributed by atoms with van der Waals surface area (Å²) < 4.78 is 8.24. The van der Waals surface area contributed by atoms with E-state index in [-0.39, 0.29) is 5.60 Å². The Morgan fingerprint density at radius 2 is 2.20 bits per heavy atom. The second-order valence-corrected chi connectivity index (χ2v) is 6.39. The number of aryl methyl sites for hydroxylation is 1. The van der Waals surface area contributed by atoms with Crippen LogP contribution in [0.2, 0.25) is 0 Å². The van der Waals surface area contributed by atoms with Crippen LogP contribution in [0.15, 0.2) is 18.7 Å². The van der Waals surface area contributed by atoms with Gasteiger partial charge in [-0.3, -0.25) is 0 Å². The Bertz CT molecular complexity index is 384. The third-order valence-corrected chi connectivity index (χ3v) is 4.84. The Kier molecular flexibility index (Phi) is 4.73. The standard InChI is InChI=1S/C16H27N3O/c1-2-7-16(6-1)13-15(5-12-20-16)18-8-3-4-10-19-11-9-17-14-19/h9,11,14-15,18H,1-8,10,12-13H2. The first-order chi connectivity index (χ1) is 9.86. The number of ether oxygens (including phenoxy) is 1. The fraction of sp³-hybridized carbons (Fsp3) is 0.812. The van der Waals surface area contributed by atoms with E-state index >= 15 is 0 Å². The van der Waals surface area contributed by atoms with E-state index in [1.165, 1.54) is 51.4 Å². The molecule has 1 aliphatic carbocycles. The molecule has 4 heteroatoms. The first-order valence-corrected chi connectivity index (χ1v) is 8.19. The van der Waals surface area contributed by atoms with Crippen LogP contribution < -0.4 is 5.32 Å². The van der Waals surface area contributed by atoms with Crippen LogP contribution in [0.25, 0.3) is 0 Å². The highest BCUT2D eigenvalue weighted by Crippen LogP contribution is 2.39. The van der Waals surface area contributed by atoms with E-state index in [4.69, 9.17) is 4.74 Å². The van der Waals surface area contributed by atoms with Crippen molar-refractivity contribution in [2.75, 3.05) is 13.2 Å². The Morgan fingerprint density at radius 3 is 3.00 bits per heavy atom. The summed E-state index contributed by atoms with van der Waals surface area (Å²) in [7, 11) is 0. The normalized spacial score (nSPS) is 25.3. The molecule has 1 atom stereocenters. The molecule has 0 aromatic carbocycles. The third kappa shape index (κ3) is 3.61. The highest BCUT2D eigenvalue weighted by atomic mass is 16.5. The maximum Gasteiger partial charge on any atom is 0.0945 e. The highest BCUT2D eigenvalue weighted by molar-refractivity contribution is 4.93. The minimum atomic E-state index is 0.243. The van der Waals surface area contributed by atoms with Crippen molar-refractivity contribution in [2.24, 2.45) is 0 Å². The molecule has 0 bridgehead atoms. The second-order valence-electron chi connectivity index (χ2n) is 6.39. The molecule has 1 spiro atoms. The first kappa shape index (κ1) is 14.1. The summed E-state index contributed by atoms with van der Waals surface area (Å²) in [4.78, 5) is 4.07. The molecule has 2 heterocycles. The van der Waals surface area contributed by atoms with Gasteiger partial charge in [-0.2, -0.15) is 0 Å². The monoisotopic (exact) mass is 277 g/mol. The average molecular weight is 277 g/mol. The van der Waals surface area contributed by atoms with Gasteiger partial charge in [0.25, 0.3) is 0 Å². The van der Waals surface area contributed by atoms with E-state index in [0.717, 1.165) is 19.7 Å². The number of aromatic nitrogens is 2. The molecule has 2 fully saturated rings. The topological polar surface area (TPSA) is 39.1 Å². The van der Waals surface area contributed by atoms with Crippen LogP contribution in [0.5, 0.6) is 0 Å². The number of hydrogen-bond acceptors (Lipinski definition) is 3. The summed E-state index contributed by atoms with van der Waals surface area (Å²) in [5, 5.41) is 3.75. The number of hydrogen-bond donors (Lipinski definition) is 1. The van der Waals surface area contributed by atoms with Gasteiger partial charge in [0.2, 0.25) is 0 Å². The van der Waals surface area contributed by atoms with Crippen LogP contribution in [-0.2, 0) is 11.3 Å². The van der Waals surface area contributed by atoms with Gasteiger partial charge in [0.15, 0.2) is 0 Å². The molecule has 0 amide bonds. The van der Waals surface area contributed by atoms with E-state index < -0.39 is 0 Å². The van der Waals surface area contributed by atoms with Crippen LogP contribution in [0, 0.1) is 0 Å². The van der Waals surface area contributed by atoms with E-state index in [1.807, 2.05) is 18.7 Å². The molecule has 1 aromatic heterocycles. The molecular weight excluding hydrogens is 250 g/mol. The smallest absolute Gasteiger partial charge is 0.0945 e. The van der Waals surface area contributed by atoms with Gasteiger partial charge in [0, 0.05) is 31.6 Å². The Morgan fingerprint density at radius 1 is 1.30 bits per heavy atom. The summed E-state index contributed by atoms with van der Waals surface area (Å²) >= 11 is 0. The van der Waals surface area contributed by atoms with Crippen LogP contribution >= 0.6 is 0 Å². The number of nitrogens with one attached hydrogen (secondary N) is 1. The van der Waals surface area contributed by atoms with Gasteiger partial charge in [-0.15, -0.1) is 0 Å². The molecule has 20 heavy (non-hydrogen) atoms. The van der Waals surface area contributed by atoms with Crippen LogP contribution in [0.4, 0.5) is 0 Å². The minimum Gasteiger partial charge on any atom is -0.375 e. The van der Waals surface area contributed by atoms with Crippen molar-refractivity contribution in [3.05, 3.63) is 18.7 Å². The summed E-state index contributed by atoms with van der Waals surface area (Å²) in [6.07, 6.45) is 15.9. The fourth-order valence-electron chi connectivity index (χ4n) is 3.71. The summed E-state index contributed by atoms with van der Waals surface area (Å²) in [6, 6.07) is 0.676. The summed E-state index contributed by atoms with van der Waals surface area (Å²) in [5.41, 5.74) is 0.243. The van der Waals surface area contributed by atoms with E-state index in [2.05, 4.69) is 14.9 Å². The molecule has 1 N–H and O–H groups in total. The van der Waals surface area contributed by atoms with Gasteiger partial charge in [-0.1, -0.05) is 12.8 Å². The largest absolute Gasteiger partial charge is 0.375 e. The van der Waals surface area contributed by atoms with Gasteiger partial charge < -0.3 is 14.6 Å². The molecule has 3 rings (SSSR count). The Labute approximate surface area is 121 Å². The molecule has 1 saturated heterocycles. The molecule has 1 aliphatic heterocycles. The van der Waals surface area contributed by atoms with Crippen molar-refractivity contribution in [3.8, 4) is 0 Å². The lowest BCUT2D eigenvalue weighted by Crippen LogP contribution is -2.45. The lowest BCUT2D eigenvalue weighted by molar-refractivity contribution is -0.0835. The maximum absolute atomic E-state index is 6.08. The predicted molar refractivity (Wildman–Crippen MR) is 79.6 cm³/mol. The first-order valence-electron chi connectivity index (χ1n) is 8.19. The number of imidazole rings is 1. The van der Waals surface area contributed by atoms with Crippen LogP contribution in [0.1, 0.15) is 51.4 Å². The van der Waals surface area contributed by atoms with Gasteiger partial charge in [-0.05, 0) is 45.1 Å². The quantitative estimate of drug-likeness (QED) is 0.813. The molecule has 0 radical (unpaired) electrons. The van der Waals surface area contributed by atoms with Crippen molar-refractivity contribution >= 4 is 0 Å². The maximum atomic E-state index is 6.08. The average Bonchev–Trinajstić information content (AvgIpc) is 3.11. The van der Waals surface area contributed by atoms with Gasteiger partial charge in [0.05, 0.1) is 11.9 Å². The lowest BCUT2D eigenvalue weighted by Gasteiger charge is -2.38. The van der Waals surface area contributed by atoms with E-state index in [9.17, 15) is 0 Å². The summed E-state index contributed by atoms with van der Waals surface area (Å²) in [5.74, 6) is 0. The lowest BCUT2D eigenvalue weighted by atomic mass is 9.89. The molecule has 1 unspecified atom stereocenters. The minimum absolute atomic E-state index is 0.243. The number of unbranched alkanes of at least 4 members (excludes halogenated alkanes) is 1. The van der Waals surface area contributed by atoms with Crippen molar-refractivity contribution in [3.63, 3.8) is 0 Å². The summed E-state index contributed by atoms with van der Waals surface area (Å²) in [6.45, 7) is 3.17. The zero-order valence-electron chi connectivity index (χ0n) is 12.4. The van der Waals surface area contributed by atoms with E-state index in [1.54, 1.807) is 0 Å². The molecule has 1 aromatic rings. The Hall–Kier alpha value is -0.870. The number of nitrogens with zero attached hydrogens (tertiary/aromatic N) is 2. The molecule has 2 aliphatic rings. The van der Waals surface area contributed by atoms with E-state index in [0.29, 0.717) is 6.04 Å². The van der Waals surface area contributed by atoms with Crippen LogP contribution in [-0.4, -0.2) is 34.3 Å². The molecule has 112 valence electrons. The van der Waals surface area contributed by atoms with Gasteiger partial charge >= 0.3 is 0 Å².